The molecule has 0 spiro atoms. The van der Waals surface area contributed by atoms with Crippen molar-refractivity contribution in [3.8, 4) is 0 Å². The lowest BCUT2D eigenvalue weighted by Crippen LogP contribution is -2.55. The van der Waals surface area contributed by atoms with E-state index in [0.29, 0.717) is 0 Å². The van der Waals surface area contributed by atoms with Gasteiger partial charge in [0.1, 0.15) is 17.7 Å². The van der Waals surface area contributed by atoms with Crippen LogP contribution in [-0.4, -0.2) is 59.2 Å². The van der Waals surface area contributed by atoms with Gasteiger partial charge >= 0.3 is 6.09 Å². The van der Waals surface area contributed by atoms with E-state index in [2.05, 4.69) is 16.0 Å². The quantitative estimate of drug-likeness (QED) is 0.136. The van der Waals surface area contributed by atoms with Gasteiger partial charge in [0.2, 0.25) is 23.6 Å². The van der Waals surface area contributed by atoms with Crippen LogP contribution in [0.5, 0.6) is 0 Å². The molecule has 5 amide bonds. The minimum atomic E-state index is -1.28. The Hall–Kier alpha value is -5.52. The minimum absolute atomic E-state index is 0.108. The fourth-order valence-corrected chi connectivity index (χ4v) is 5.28. The molecule has 0 bridgehead atoms. The van der Waals surface area contributed by atoms with Crippen molar-refractivity contribution in [3.63, 3.8) is 0 Å². The van der Waals surface area contributed by atoms with E-state index in [1.807, 2.05) is 54.6 Å². The van der Waals surface area contributed by atoms with Crippen LogP contribution in [0.15, 0.2) is 91.0 Å². The normalized spacial score (nSPS) is 13.5. The molecule has 12 nitrogen and oxygen atoms in total. The smallest absolute Gasteiger partial charge is 0.408 e. The third-order valence-electron chi connectivity index (χ3n) is 7.76. The van der Waals surface area contributed by atoms with Crippen molar-refractivity contribution in [1.29, 1.82) is 0 Å². The van der Waals surface area contributed by atoms with Gasteiger partial charge in [-0.3, -0.25) is 24.0 Å². The molecule has 0 aliphatic heterocycles. The number of carbonyl (C=O) groups excluding carboxylic acids is 6. The highest BCUT2D eigenvalue weighted by atomic mass is 16.6. The highest BCUT2D eigenvalue weighted by molar-refractivity contribution is 5.95. The molecule has 2 unspecified atom stereocenters. The topological polar surface area (TPSA) is 200 Å². The first kappa shape index (κ1) is 38.9. The second kappa shape index (κ2) is 18.9. The molecule has 4 atom stereocenters. The van der Waals surface area contributed by atoms with Gasteiger partial charge in [0.25, 0.3) is 0 Å². The van der Waals surface area contributed by atoms with Gasteiger partial charge in [0, 0.05) is 25.2 Å². The van der Waals surface area contributed by atoms with Crippen LogP contribution in [0.1, 0.15) is 56.7 Å². The van der Waals surface area contributed by atoms with Gasteiger partial charge in [-0.15, -0.1) is 0 Å². The molecular weight excluding hydrogens is 638 g/mol. The number of ketones is 1. The van der Waals surface area contributed by atoms with Crippen molar-refractivity contribution in [3.05, 3.63) is 108 Å². The minimum Gasteiger partial charge on any atom is -0.444 e. The summed E-state index contributed by atoms with van der Waals surface area (Å²) in [5.41, 5.74) is 12.5. The first-order valence-electron chi connectivity index (χ1n) is 16.5. The van der Waals surface area contributed by atoms with Crippen LogP contribution in [0, 0.1) is 5.92 Å². The van der Waals surface area contributed by atoms with Crippen LogP contribution in [0.3, 0.4) is 0 Å². The third kappa shape index (κ3) is 13.9. The lowest BCUT2D eigenvalue weighted by Gasteiger charge is -2.26. The molecule has 3 rings (SSSR count). The second-order valence-electron chi connectivity index (χ2n) is 13.2. The number of benzene rings is 3. The number of amides is 5. The molecule has 3 aromatic rings. The summed E-state index contributed by atoms with van der Waals surface area (Å²) in [6, 6.07) is 23.7. The van der Waals surface area contributed by atoms with Crippen molar-refractivity contribution in [2.75, 3.05) is 0 Å². The van der Waals surface area contributed by atoms with E-state index in [1.54, 1.807) is 57.2 Å². The zero-order valence-corrected chi connectivity index (χ0v) is 28.7. The molecular formula is C38H47N5O7. The fourth-order valence-electron chi connectivity index (χ4n) is 5.28. The Morgan fingerprint density at radius 1 is 0.620 bits per heavy atom. The molecule has 0 heterocycles. The van der Waals surface area contributed by atoms with E-state index in [4.69, 9.17) is 16.2 Å². The maximum Gasteiger partial charge on any atom is 0.408 e. The van der Waals surface area contributed by atoms with Crippen LogP contribution in [-0.2, 0) is 48.0 Å². The fraction of sp³-hybridized carbons (Fsp3) is 0.368. The van der Waals surface area contributed by atoms with E-state index in [0.717, 1.165) is 16.7 Å². The van der Waals surface area contributed by atoms with Crippen LogP contribution in [0.2, 0.25) is 0 Å². The maximum absolute atomic E-state index is 14.0. The Balaban J connectivity index is 1.87. The Labute approximate surface area is 292 Å². The number of rotatable bonds is 18. The highest BCUT2D eigenvalue weighted by Crippen LogP contribution is 2.18. The predicted octanol–water partition coefficient (Wildman–Crippen LogP) is 2.90. The summed E-state index contributed by atoms with van der Waals surface area (Å²) in [5.74, 6) is -4.26. The molecule has 50 heavy (non-hydrogen) atoms. The van der Waals surface area contributed by atoms with Gasteiger partial charge in [-0.05, 0) is 56.7 Å². The van der Waals surface area contributed by atoms with Gasteiger partial charge in [-0.25, -0.2) is 4.79 Å². The summed E-state index contributed by atoms with van der Waals surface area (Å²) < 4.78 is 5.42. The summed E-state index contributed by atoms with van der Waals surface area (Å²) in [6.07, 6.45) is -1.08. The summed E-state index contributed by atoms with van der Waals surface area (Å²) in [4.78, 5) is 78.3. The molecule has 0 radical (unpaired) electrons. The van der Waals surface area contributed by atoms with Crippen molar-refractivity contribution in [2.24, 2.45) is 17.4 Å². The van der Waals surface area contributed by atoms with E-state index in [9.17, 15) is 28.8 Å². The molecule has 0 saturated heterocycles. The van der Waals surface area contributed by atoms with Gasteiger partial charge in [0.15, 0.2) is 5.78 Å². The van der Waals surface area contributed by atoms with Crippen LogP contribution >= 0.6 is 0 Å². The average Bonchev–Trinajstić information content (AvgIpc) is 3.06. The number of nitrogens with one attached hydrogen (secondary N) is 3. The number of hydrogen-bond donors (Lipinski definition) is 5. The molecule has 12 heteroatoms. The summed E-state index contributed by atoms with van der Waals surface area (Å²) >= 11 is 0. The highest BCUT2D eigenvalue weighted by Gasteiger charge is 2.32. The van der Waals surface area contributed by atoms with Crippen LogP contribution < -0.4 is 27.4 Å². The Kier molecular flexibility index (Phi) is 14.7. The molecule has 3 aromatic carbocycles. The van der Waals surface area contributed by atoms with E-state index in [1.165, 1.54) is 0 Å². The first-order chi connectivity index (χ1) is 23.7. The van der Waals surface area contributed by atoms with Crippen LogP contribution in [0.25, 0.3) is 0 Å². The summed E-state index contributed by atoms with van der Waals surface area (Å²) in [6.45, 7) is 5.12. The zero-order valence-electron chi connectivity index (χ0n) is 28.7. The third-order valence-corrected chi connectivity index (χ3v) is 7.76. The number of alkyl carbamates (subject to hydrolysis) is 1. The molecule has 0 aliphatic carbocycles. The van der Waals surface area contributed by atoms with E-state index < -0.39 is 65.1 Å². The summed E-state index contributed by atoms with van der Waals surface area (Å²) in [5, 5.41) is 7.96. The molecule has 0 saturated carbocycles. The lowest BCUT2D eigenvalue weighted by atomic mass is 9.89. The Bertz CT molecular complexity index is 1590. The number of ether oxygens (including phenoxy) is 1. The van der Waals surface area contributed by atoms with Gasteiger partial charge in [0.05, 0.1) is 6.04 Å². The SMILES string of the molecule is CC(C)(C)OC(=O)N[C@@H](Cc1ccccc1)C(=O)CC(Cc1ccccc1)C(=O)N[C@@H](CCC(N)=O)C(=O)NC(Cc1ccccc1)C(N)=O. The van der Waals surface area contributed by atoms with Gasteiger partial charge < -0.3 is 32.2 Å². The average molecular weight is 686 g/mol. The number of primary amides is 2. The van der Waals surface area contributed by atoms with Crippen molar-refractivity contribution in [1.82, 2.24) is 16.0 Å². The molecule has 7 N–H and O–H groups in total. The molecule has 0 aliphatic rings. The van der Waals surface area contributed by atoms with Crippen molar-refractivity contribution < 1.29 is 33.5 Å². The van der Waals surface area contributed by atoms with Crippen LogP contribution in [0.4, 0.5) is 4.79 Å². The number of hydrogen-bond acceptors (Lipinski definition) is 7. The second-order valence-corrected chi connectivity index (χ2v) is 13.2. The largest absolute Gasteiger partial charge is 0.444 e. The van der Waals surface area contributed by atoms with Gasteiger partial charge in [-0.2, -0.15) is 0 Å². The monoisotopic (exact) mass is 685 g/mol. The molecule has 266 valence electrons. The lowest BCUT2D eigenvalue weighted by molar-refractivity contribution is -0.134. The van der Waals surface area contributed by atoms with Gasteiger partial charge in [-0.1, -0.05) is 91.0 Å². The van der Waals surface area contributed by atoms with E-state index in [-0.39, 0.29) is 38.5 Å². The summed E-state index contributed by atoms with van der Waals surface area (Å²) in [7, 11) is 0. The Morgan fingerprint density at radius 3 is 1.54 bits per heavy atom. The first-order valence-corrected chi connectivity index (χ1v) is 16.5. The molecule has 0 fully saturated rings. The number of nitrogens with two attached hydrogens (primary N) is 2. The van der Waals surface area contributed by atoms with Crippen molar-refractivity contribution >= 4 is 35.5 Å². The predicted molar refractivity (Wildman–Crippen MR) is 188 cm³/mol. The molecule has 0 aromatic heterocycles. The number of Topliss-reactive ketones (excluding diaryl/α,β-unsaturated/α-hetero) is 1. The zero-order chi connectivity index (χ0) is 36.7. The Morgan fingerprint density at radius 2 is 1.08 bits per heavy atom. The standard InChI is InChI=1S/C38H47N5O7/c1-38(2,3)50-37(49)43-30(22-26-15-9-5-10-16-26)32(44)24-28(21-25-13-7-4-8-14-25)35(47)41-29(19-20-33(39)45)36(48)42-31(34(40)46)23-27-17-11-6-12-18-27/h4-18,28-31H,19-24H2,1-3H3,(H2,39,45)(H2,40,46)(H,41,47)(H,42,48)(H,43,49)/t28?,29-,30-,31?/m0/s1. The number of carbonyl (C=O) groups is 6. The van der Waals surface area contributed by atoms with Crippen molar-refractivity contribution in [2.45, 2.75) is 83.0 Å². The maximum atomic E-state index is 14.0. The van der Waals surface area contributed by atoms with E-state index >= 15 is 0 Å².